The summed E-state index contributed by atoms with van der Waals surface area (Å²) in [6, 6.07) is 0. The fourth-order valence-electron chi connectivity index (χ4n) is 2.11. The second kappa shape index (κ2) is 4.62. The molecule has 0 aromatic rings. The molecule has 0 N–H and O–H groups in total. The summed E-state index contributed by atoms with van der Waals surface area (Å²) in [7, 11) is 1.66. The molecule has 0 saturated carbocycles. The van der Waals surface area contributed by atoms with E-state index in [0.29, 0.717) is 6.61 Å². The van der Waals surface area contributed by atoms with Crippen molar-refractivity contribution < 1.29 is 14.3 Å². The molecule has 0 aromatic carbocycles. The summed E-state index contributed by atoms with van der Waals surface area (Å²) in [6.07, 6.45) is 1.75. The maximum absolute atomic E-state index is 12.0. The zero-order valence-corrected chi connectivity index (χ0v) is 11.0. The van der Waals surface area contributed by atoms with Crippen molar-refractivity contribution in [1.29, 1.82) is 0 Å². The van der Waals surface area contributed by atoms with Crippen LogP contribution in [-0.2, 0) is 9.47 Å². The van der Waals surface area contributed by atoms with Gasteiger partial charge in [0.25, 0.3) is 0 Å². The molecule has 1 aliphatic rings. The van der Waals surface area contributed by atoms with Crippen LogP contribution in [0.1, 0.15) is 40.5 Å². The molecule has 1 fully saturated rings. The van der Waals surface area contributed by atoms with Gasteiger partial charge in [0.1, 0.15) is 5.60 Å². The maximum atomic E-state index is 12.0. The van der Waals surface area contributed by atoms with Crippen molar-refractivity contribution in [2.24, 2.45) is 0 Å². The zero-order valence-electron chi connectivity index (χ0n) is 11.0. The van der Waals surface area contributed by atoms with E-state index in [0.717, 1.165) is 19.4 Å². The Kier molecular flexibility index (Phi) is 3.84. The summed E-state index contributed by atoms with van der Waals surface area (Å²) >= 11 is 0. The fourth-order valence-corrected chi connectivity index (χ4v) is 2.11. The number of hydrogen-bond acceptors (Lipinski definition) is 3. The van der Waals surface area contributed by atoms with E-state index in [9.17, 15) is 4.79 Å². The first-order valence-corrected chi connectivity index (χ1v) is 5.78. The average molecular weight is 229 g/mol. The van der Waals surface area contributed by atoms with Crippen LogP contribution in [0.25, 0.3) is 0 Å². The lowest BCUT2D eigenvalue weighted by Gasteiger charge is -2.35. The van der Waals surface area contributed by atoms with Crippen LogP contribution in [0.5, 0.6) is 0 Å². The summed E-state index contributed by atoms with van der Waals surface area (Å²) in [4.78, 5) is 13.8. The van der Waals surface area contributed by atoms with Gasteiger partial charge in [-0.25, -0.2) is 4.79 Å². The predicted octanol–water partition coefficient (Wildman–Crippen LogP) is 2.42. The Morgan fingerprint density at radius 3 is 2.56 bits per heavy atom. The van der Waals surface area contributed by atoms with Gasteiger partial charge in [0, 0.05) is 13.7 Å². The third-order valence-electron chi connectivity index (χ3n) is 2.82. The number of methoxy groups -OCH3 is 1. The van der Waals surface area contributed by atoms with Gasteiger partial charge in [0.05, 0.1) is 12.1 Å². The van der Waals surface area contributed by atoms with E-state index in [-0.39, 0.29) is 11.6 Å². The molecule has 1 rings (SSSR count). The van der Waals surface area contributed by atoms with E-state index in [1.165, 1.54) is 0 Å². The first kappa shape index (κ1) is 13.3. The third-order valence-corrected chi connectivity index (χ3v) is 2.82. The van der Waals surface area contributed by atoms with Crippen LogP contribution < -0.4 is 0 Å². The lowest BCUT2D eigenvalue weighted by atomic mass is 10.0. The van der Waals surface area contributed by atoms with Crippen molar-refractivity contribution >= 4 is 6.09 Å². The molecule has 0 unspecified atom stereocenters. The maximum Gasteiger partial charge on any atom is 0.410 e. The first-order valence-electron chi connectivity index (χ1n) is 5.78. The van der Waals surface area contributed by atoms with E-state index >= 15 is 0 Å². The lowest BCUT2D eigenvalue weighted by molar-refractivity contribution is -0.00564. The van der Waals surface area contributed by atoms with Gasteiger partial charge in [-0.15, -0.1) is 0 Å². The van der Waals surface area contributed by atoms with Crippen molar-refractivity contribution in [3.05, 3.63) is 0 Å². The molecule has 1 amide bonds. The number of ether oxygens (including phenoxy) is 2. The van der Waals surface area contributed by atoms with Crippen molar-refractivity contribution in [1.82, 2.24) is 4.90 Å². The Labute approximate surface area is 97.9 Å². The molecular weight excluding hydrogens is 206 g/mol. The summed E-state index contributed by atoms with van der Waals surface area (Å²) in [5.74, 6) is 0. The molecule has 0 aliphatic carbocycles. The first-order chi connectivity index (χ1) is 7.28. The van der Waals surface area contributed by atoms with Gasteiger partial charge < -0.3 is 14.4 Å². The molecule has 1 aliphatic heterocycles. The van der Waals surface area contributed by atoms with Gasteiger partial charge >= 0.3 is 6.09 Å². The van der Waals surface area contributed by atoms with Crippen LogP contribution in [0.4, 0.5) is 4.79 Å². The number of amides is 1. The largest absolute Gasteiger partial charge is 0.444 e. The Balaban J connectivity index is 2.68. The third kappa shape index (κ3) is 3.11. The number of likely N-dealkylation sites (tertiary alicyclic amines) is 1. The highest BCUT2D eigenvalue weighted by molar-refractivity contribution is 5.69. The Hall–Kier alpha value is -0.770. The smallest absolute Gasteiger partial charge is 0.410 e. The number of nitrogens with zero attached hydrogens (tertiary/aromatic N) is 1. The molecule has 0 bridgehead atoms. The van der Waals surface area contributed by atoms with Gasteiger partial charge in [0.2, 0.25) is 0 Å². The minimum Gasteiger partial charge on any atom is -0.444 e. The van der Waals surface area contributed by atoms with Gasteiger partial charge in [-0.3, -0.25) is 0 Å². The fraction of sp³-hybridized carbons (Fsp3) is 0.917. The quantitative estimate of drug-likeness (QED) is 0.730. The average Bonchev–Trinajstić information content (AvgIpc) is 2.44. The van der Waals surface area contributed by atoms with Gasteiger partial charge in [-0.05, 0) is 40.5 Å². The zero-order chi connectivity index (χ0) is 12.4. The van der Waals surface area contributed by atoms with Crippen molar-refractivity contribution in [3.63, 3.8) is 0 Å². The van der Waals surface area contributed by atoms with Crippen LogP contribution in [-0.4, -0.2) is 42.4 Å². The SMILES string of the molecule is COC[C@@]1(C)CCCN1C(=O)OC(C)(C)C. The van der Waals surface area contributed by atoms with Gasteiger partial charge in [-0.2, -0.15) is 0 Å². The molecule has 0 radical (unpaired) electrons. The number of rotatable bonds is 2. The van der Waals surface area contributed by atoms with Crippen molar-refractivity contribution in [2.45, 2.75) is 51.7 Å². The molecule has 1 atom stereocenters. The molecule has 1 heterocycles. The minimum absolute atomic E-state index is 0.211. The van der Waals surface area contributed by atoms with Gasteiger partial charge in [0.15, 0.2) is 0 Å². The number of carbonyl (C=O) groups excluding carboxylic acids is 1. The van der Waals surface area contributed by atoms with Crippen LogP contribution in [0, 0.1) is 0 Å². The molecule has 1 saturated heterocycles. The molecular formula is C12H23NO3. The second-order valence-electron chi connectivity index (χ2n) is 5.67. The van der Waals surface area contributed by atoms with E-state index in [2.05, 4.69) is 0 Å². The van der Waals surface area contributed by atoms with Crippen molar-refractivity contribution in [3.8, 4) is 0 Å². The van der Waals surface area contributed by atoms with E-state index in [1.54, 1.807) is 12.0 Å². The summed E-state index contributed by atoms with van der Waals surface area (Å²) in [5.41, 5.74) is -0.648. The predicted molar refractivity (Wildman–Crippen MR) is 62.5 cm³/mol. The number of carbonyl (C=O) groups is 1. The normalized spacial score (nSPS) is 25.9. The highest BCUT2D eigenvalue weighted by Gasteiger charge is 2.41. The molecule has 94 valence electrons. The van der Waals surface area contributed by atoms with Crippen LogP contribution in [0.15, 0.2) is 0 Å². The lowest BCUT2D eigenvalue weighted by Crippen LogP contribution is -2.49. The molecule has 4 heteroatoms. The minimum atomic E-state index is -0.437. The second-order valence-corrected chi connectivity index (χ2v) is 5.67. The van der Waals surface area contributed by atoms with Crippen LogP contribution in [0.2, 0.25) is 0 Å². The molecule has 0 spiro atoms. The van der Waals surface area contributed by atoms with Crippen LogP contribution >= 0.6 is 0 Å². The van der Waals surface area contributed by atoms with Crippen molar-refractivity contribution in [2.75, 3.05) is 20.3 Å². The Morgan fingerprint density at radius 2 is 2.06 bits per heavy atom. The summed E-state index contributed by atoms with van der Waals surface area (Å²) < 4.78 is 10.6. The highest BCUT2D eigenvalue weighted by atomic mass is 16.6. The van der Waals surface area contributed by atoms with E-state index < -0.39 is 5.60 Å². The van der Waals surface area contributed by atoms with Crippen LogP contribution in [0.3, 0.4) is 0 Å². The highest BCUT2D eigenvalue weighted by Crippen LogP contribution is 2.30. The molecule has 4 nitrogen and oxygen atoms in total. The number of hydrogen-bond donors (Lipinski definition) is 0. The van der Waals surface area contributed by atoms with Gasteiger partial charge in [-0.1, -0.05) is 0 Å². The Morgan fingerprint density at radius 1 is 1.44 bits per heavy atom. The van der Waals surface area contributed by atoms with E-state index in [1.807, 2.05) is 27.7 Å². The summed E-state index contributed by atoms with van der Waals surface area (Å²) in [6.45, 7) is 9.02. The summed E-state index contributed by atoms with van der Waals surface area (Å²) in [5, 5.41) is 0. The molecule has 16 heavy (non-hydrogen) atoms. The monoisotopic (exact) mass is 229 g/mol. The topological polar surface area (TPSA) is 38.8 Å². The molecule has 0 aromatic heterocycles. The standard InChI is InChI=1S/C12H23NO3/c1-11(2,3)16-10(14)13-8-6-7-12(13,4)9-15-5/h6-9H2,1-5H3/t12-/m1/s1. The van der Waals surface area contributed by atoms with E-state index in [4.69, 9.17) is 9.47 Å². The Bertz CT molecular complexity index is 259.